The highest BCUT2D eigenvalue weighted by Gasteiger charge is 2.39. The molecule has 3 nitrogen and oxygen atoms in total. The topological polar surface area (TPSA) is 46.5 Å². The van der Waals surface area contributed by atoms with Gasteiger partial charge in [0.25, 0.3) is 0 Å². The van der Waals surface area contributed by atoms with Gasteiger partial charge >= 0.3 is 12.1 Å². The lowest BCUT2D eigenvalue weighted by Gasteiger charge is -2.18. The van der Waals surface area contributed by atoms with Gasteiger partial charge in [-0.3, -0.25) is 4.79 Å². The molecule has 0 aromatic heterocycles. The van der Waals surface area contributed by atoms with E-state index in [0.29, 0.717) is 11.1 Å². The Morgan fingerprint density at radius 3 is 2.33 bits per heavy atom. The van der Waals surface area contributed by atoms with E-state index in [1.54, 1.807) is 6.92 Å². The van der Waals surface area contributed by atoms with Crippen molar-refractivity contribution in [2.24, 2.45) is 5.18 Å². The third-order valence-electron chi connectivity index (χ3n) is 3.99. The number of rotatable bonds is 4. The van der Waals surface area contributed by atoms with Crippen molar-refractivity contribution < 1.29 is 22.4 Å². The minimum absolute atomic E-state index is 0.0141. The number of amides is 1. The number of alkyl halides is 3. The molecule has 0 radical (unpaired) electrons. The highest BCUT2D eigenvalue weighted by atomic mass is 35.5. The lowest BCUT2D eigenvalue weighted by Crippen LogP contribution is -2.19. The minimum Gasteiger partial charge on any atom is -0.263 e. The molecule has 0 bridgehead atoms. The standard InChI is InChI=1S/C19H14ClF4NO2/c1-10-7-12(3-5-14(10)18(26)25-27)4-6-15(19(22,23)24)13-8-11(2)17(21)16(20)9-13/h3-9,15H,1-2H3/b6-4+. The Labute approximate surface area is 157 Å². The Bertz CT molecular complexity index is 899. The second-order valence-electron chi connectivity index (χ2n) is 5.98. The van der Waals surface area contributed by atoms with Gasteiger partial charge in [-0.2, -0.15) is 13.2 Å². The van der Waals surface area contributed by atoms with Crippen LogP contribution in [0.15, 0.2) is 41.6 Å². The number of allylic oxidation sites excluding steroid dienone is 1. The maximum atomic E-state index is 13.6. The fourth-order valence-corrected chi connectivity index (χ4v) is 2.90. The van der Waals surface area contributed by atoms with Gasteiger partial charge in [0.05, 0.1) is 10.9 Å². The van der Waals surface area contributed by atoms with Crippen LogP contribution in [0.1, 0.15) is 38.5 Å². The zero-order valence-corrected chi connectivity index (χ0v) is 15.0. The molecule has 1 unspecified atom stereocenters. The van der Waals surface area contributed by atoms with Crippen LogP contribution in [0, 0.1) is 24.6 Å². The summed E-state index contributed by atoms with van der Waals surface area (Å²) in [5.74, 6) is -3.70. The Balaban J connectivity index is 2.42. The number of benzene rings is 2. The number of nitroso groups, excluding NO2 is 1. The van der Waals surface area contributed by atoms with Crippen molar-refractivity contribution in [3.05, 3.63) is 80.0 Å². The van der Waals surface area contributed by atoms with Gasteiger partial charge in [-0.1, -0.05) is 42.0 Å². The summed E-state index contributed by atoms with van der Waals surface area (Å²) < 4.78 is 54.1. The van der Waals surface area contributed by atoms with Crippen molar-refractivity contribution >= 4 is 23.6 Å². The maximum absolute atomic E-state index is 13.6. The predicted molar refractivity (Wildman–Crippen MR) is 95.3 cm³/mol. The first-order valence-electron chi connectivity index (χ1n) is 7.73. The van der Waals surface area contributed by atoms with Crippen molar-refractivity contribution in [3.8, 4) is 0 Å². The molecule has 0 aliphatic carbocycles. The molecule has 0 aliphatic rings. The average molecular weight is 400 g/mol. The monoisotopic (exact) mass is 399 g/mol. The van der Waals surface area contributed by atoms with Gasteiger partial charge in [0.2, 0.25) is 0 Å². The highest BCUT2D eigenvalue weighted by molar-refractivity contribution is 6.30. The van der Waals surface area contributed by atoms with Crippen LogP contribution < -0.4 is 0 Å². The van der Waals surface area contributed by atoms with Crippen molar-refractivity contribution in [1.82, 2.24) is 0 Å². The predicted octanol–water partition coefficient (Wildman–Crippen LogP) is 6.36. The van der Waals surface area contributed by atoms with Crippen molar-refractivity contribution in [2.75, 3.05) is 0 Å². The summed E-state index contributed by atoms with van der Waals surface area (Å²) in [4.78, 5) is 21.7. The van der Waals surface area contributed by atoms with E-state index in [1.165, 1.54) is 31.2 Å². The Morgan fingerprint density at radius 1 is 1.15 bits per heavy atom. The quantitative estimate of drug-likeness (QED) is 0.443. The number of aryl methyl sites for hydroxylation is 2. The second kappa shape index (κ2) is 8.00. The smallest absolute Gasteiger partial charge is 0.263 e. The van der Waals surface area contributed by atoms with Gasteiger partial charge < -0.3 is 0 Å². The lowest BCUT2D eigenvalue weighted by molar-refractivity contribution is -0.139. The fourth-order valence-electron chi connectivity index (χ4n) is 2.63. The van der Waals surface area contributed by atoms with Gasteiger partial charge in [-0.15, -0.1) is 4.91 Å². The van der Waals surface area contributed by atoms with E-state index in [4.69, 9.17) is 11.6 Å². The SMILES string of the molecule is Cc1cc(/C=C/C(c2cc(C)c(F)c(Cl)c2)C(F)(F)F)ccc1C(=O)N=O. The van der Waals surface area contributed by atoms with Crippen LogP contribution >= 0.6 is 11.6 Å². The molecule has 27 heavy (non-hydrogen) atoms. The summed E-state index contributed by atoms with van der Waals surface area (Å²) in [6.07, 6.45) is -2.45. The van der Waals surface area contributed by atoms with E-state index in [2.05, 4.69) is 5.18 Å². The summed E-state index contributed by atoms with van der Waals surface area (Å²) >= 11 is 5.68. The van der Waals surface area contributed by atoms with Crippen molar-refractivity contribution in [2.45, 2.75) is 25.9 Å². The van der Waals surface area contributed by atoms with Crippen LogP contribution in [0.4, 0.5) is 17.6 Å². The third kappa shape index (κ3) is 4.80. The van der Waals surface area contributed by atoms with E-state index >= 15 is 0 Å². The summed E-state index contributed by atoms with van der Waals surface area (Å²) in [6.45, 7) is 2.88. The zero-order chi connectivity index (χ0) is 20.4. The van der Waals surface area contributed by atoms with E-state index in [1.807, 2.05) is 0 Å². The van der Waals surface area contributed by atoms with Crippen LogP contribution in [0.2, 0.25) is 5.02 Å². The molecule has 0 saturated carbocycles. The molecule has 0 spiro atoms. The normalized spacial score (nSPS) is 13.0. The first-order valence-corrected chi connectivity index (χ1v) is 8.11. The molecule has 2 aromatic carbocycles. The Hall–Kier alpha value is -2.54. The van der Waals surface area contributed by atoms with Crippen LogP contribution in [-0.2, 0) is 0 Å². The zero-order valence-electron chi connectivity index (χ0n) is 14.3. The number of carbonyl (C=O) groups is 1. The number of hydrogen-bond acceptors (Lipinski definition) is 2. The van der Waals surface area contributed by atoms with Crippen LogP contribution in [-0.4, -0.2) is 12.1 Å². The van der Waals surface area contributed by atoms with Crippen LogP contribution in [0.3, 0.4) is 0 Å². The van der Waals surface area contributed by atoms with E-state index < -0.39 is 23.8 Å². The second-order valence-corrected chi connectivity index (χ2v) is 6.39. The molecule has 0 heterocycles. The van der Waals surface area contributed by atoms with Gasteiger partial charge in [0.1, 0.15) is 5.82 Å². The summed E-state index contributed by atoms with van der Waals surface area (Å²) in [7, 11) is 0. The number of halogens is 5. The molecule has 142 valence electrons. The molecular formula is C19H14ClF4NO2. The van der Waals surface area contributed by atoms with E-state index in [9.17, 15) is 27.3 Å². The Morgan fingerprint density at radius 2 is 1.81 bits per heavy atom. The molecule has 8 heteroatoms. The summed E-state index contributed by atoms with van der Waals surface area (Å²) in [6, 6.07) is 6.24. The lowest BCUT2D eigenvalue weighted by atomic mass is 9.95. The highest BCUT2D eigenvalue weighted by Crippen LogP contribution is 2.38. The van der Waals surface area contributed by atoms with Gasteiger partial charge in [0, 0.05) is 10.7 Å². The third-order valence-corrected chi connectivity index (χ3v) is 4.26. The van der Waals surface area contributed by atoms with E-state index in [-0.39, 0.29) is 21.7 Å². The molecule has 0 N–H and O–H groups in total. The first kappa shape index (κ1) is 20.8. The van der Waals surface area contributed by atoms with Gasteiger partial charge in [0.15, 0.2) is 0 Å². The number of nitrogens with zero attached hydrogens (tertiary/aromatic N) is 1. The average Bonchev–Trinajstić information content (AvgIpc) is 2.58. The van der Waals surface area contributed by atoms with Gasteiger partial charge in [-0.25, -0.2) is 4.39 Å². The molecular weight excluding hydrogens is 386 g/mol. The van der Waals surface area contributed by atoms with Crippen LogP contribution in [0.5, 0.6) is 0 Å². The van der Waals surface area contributed by atoms with Crippen molar-refractivity contribution in [3.63, 3.8) is 0 Å². The largest absolute Gasteiger partial charge is 0.399 e. The van der Waals surface area contributed by atoms with Crippen molar-refractivity contribution in [1.29, 1.82) is 0 Å². The molecule has 0 saturated heterocycles. The molecule has 0 fully saturated rings. The molecule has 0 aliphatic heterocycles. The Kier molecular flexibility index (Phi) is 6.15. The summed E-state index contributed by atoms with van der Waals surface area (Å²) in [5, 5.41) is 1.94. The number of hydrogen-bond donors (Lipinski definition) is 0. The minimum atomic E-state index is -4.61. The fraction of sp³-hybridized carbons (Fsp3) is 0.211. The molecule has 1 amide bonds. The van der Waals surface area contributed by atoms with Crippen LogP contribution in [0.25, 0.3) is 6.08 Å². The first-order chi connectivity index (χ1) is 12.5. The van der Waals surface area contributed by atoms with Gasteiger partial charge in [-0.05, 0) is 48.2 Å². The molecule has 2 rings (SSSR count). The molecule has 2 aromatic rings. The summed E-state index contributed by atoms with van der Waals surface area (Å²) in [5.41, 5.74) is 0.715. The van der Waals surface area contributed by atoms with E-state index in [0.717, 1.165) is 18.2 Å². The maximum Gasteiger partial charge on any atom is 0.399 e. The molecule has 1 atom stereocenters. The number of carbonyl (C=O) groups excluding carboxylic acids is 1.